The van der Waals surface area contributed by atoms with Crippen molar-refractivity contribution in [1.82, 2.24) is 4.98 Å². The fraction of sp³-hybridized carbons (Fsp3) is 0. The van der Waals surface area contributed by atoms with E-state index in [0.29, 0.717) is 0 Å². The number of fused-ring (bicyclic) bond motifs is 2. The summed E-state index contributed by atoms with van der Waals surface area (Å²) in [7, 11) is 0. The van der Waals surface area contributed by atoms with E-state index >= 15 is 0 Å². The van der Waals surface area contributed by atoms with Gasteiger partial charge in [-0.3, -0.25) is 4.98 Å². The fourth-order valence-corrected chi connectivity index (χ4v) is 1.76. The van der Waals surface area contributed by atoms with Crippen molar-refractivity contribution in [2.45, 2.75) is 0 Å². The lowest BCUT2D eigenvalue weighted by Gasteiger charge is -2.00. The number of hydrogen-bond donors (Lipinski definition) is 0. The van der Waals surface area contributed by atoms with Gasteiger partial charge in [-0.1, -0.05) is 30.3 Å². The van der Waals surface area contributed by atoms with Crippen LogP contribution in [0.1, 0.15) is 0 Å². The fourth-order valence-electron chi connectivity index (χ4n) is 1.76. The quantitative estimate of drug-likeness (QED) is 0.482. The zero-order valence-corrected chi connectivity index (χ0v) is 7.64. The molecule has 1 heterocycles. The van der Waals surface area contributed by atoms with Gasteiger partial charge in [-0.15, -0.1) is 0 Å². The summed E-state index contributed by atoms with van der Waals surface area (Å²) in [6.45, 7) is 0. The van der Waals surface area contributed by atoms with Gasteiger partial charge in [0.1, 0.15) is 0 Å². The van der Waals surface area contributed by atoms with Crippen LogP contribution in [0.4, 0.5) is 0 Å². The van der Waals surface area contributed by atoms with E-state index in [0.717, 1.165) is 5.52 Å². The molecule has 0 bridgehead atoms. The van der Waals surface area contributed by atoms with E-state index in [9.17, 15) is 0 Å². The number of pyridine rings is 1. The molecular weight excluding hydrogens is 170 g/mol. The molecule has 0 spiro atoms. The number of hydrogen-bond acceptors (Lipinski definition) is 1. The summed E-state index contributed by atoms with van der Waals surface area (Å²) in [5.74, 6) is 0. The summed E-state index contributed by atoms with van der Waals surface area (Å²) in [5, 5.41) is 3.72. The Morgan fingerprint density at radius 2 is 1.43 bits per heavy atom. The largest absolute Gasteiger partial charge is 0.256 e. The van der Waals surface area contributed by atoms with Crippen LogP contribution in [0.25, 0.3) is 21.7 Å². The van der Waals surface area contributed by atoms with Crippen LogP contribution in [0, 0.1) is 0 Å². The molecular formula is C13H9N. The first kappa shape index (κ1) is 7.51. The minimum atomic E-state index is 1.06. The van der Waals surface area contributed by atoms with Crippen LogP contribution in [-0.2, 0) is 0 Å². The Balaban J connectivity index is 2.52. The molecule has 0 aliphatic carbocycles. The Kier molecular flexibility index (Phi) is 1.51. The monoisotopic (exact) mass is 179 g/mol. The molecule has 0 atom stereocenters. The highest BCUT2D eigenvalue weighted by molar-refractivity contribution is 5.96. The van der Waals surface area contributed by atoms with Crippen molar-refractivity contribution in [3.05, 3.63) is 54.7 Å². The van der Waals surface area contributed by atoms with E-state index in [1.54, 1.807) is 0 Å². The lowest BCUT2D eigenvalue weighted by Crippen LogP contribution is -1.78. The van der Waals surface area contributed by atoms with Gasteiger partial charge in [-0.05, 0) is 29.0 Å². The van der Waals surface area contributed by atoms with Gasteiger partial charge in [0.15, 0.2) is 0 Å². The molecule has 0 radical (unpaired) electrons. The van der Waals surface area contributed by atoms with Crippen molar-refractivity contribution in [2.75, 3.05) is 0 Å². The summed E-state index contributed by atoms with van der Waals surface area (Å²) in [4.78, 5) is 4.33. The molecule has 2 aromatic carbocycles. The molecule has 1 nitrogen and oxygen atoms in total. The van der Waals surface area contributed by atoms with Crippen LogP contribution in [0.15, 0.2) is 54.7 Å². The number of aromatic nitrogens is 1. The van der Waals surface area contributed by atoms with E-state index in [4.69, 9.17) is 0 Å². The van der Waals surface area contributed by atoms with Gasteiger partial charge in [0.2, 0.25) is 0 Å². The molecule has 0 N–H and O–H groups in total. The highest BCUT2D eigenvalue weighted by Gasteiger charge is 1.96. The standard InChI is InChI=1S/C13H9N/c1-2-5-11-9-13-12(6-3-7-14-13)8-10(11)4-1/h1-9H. The molecule has 0 saturated carbocycles. The van der Waals surface area contributed by atoms with E-state index < -0.39 is 0 Å². The predicted octanol–water partition coefficient (Wildman–Crippen LogP) is 3.39. The minimum absolute atomic E-state index is 1.06. The molecule has 0 amide bonds. The topological polar surface area (TPSA) is 12.9 Å². The molecule has 14 heavy (non-hydrogen) atoms. The summed E-state index contributed by atoms with van der Waals surface area (Å²) in [6, 6.07) is 16.7. The summed E-state index contributed by atoms with van der Waals surface area (Å²) < 4.78 is 0. The molecule has 0 fully saturated rings. The van der Waals surface area contributed by atoms with Gasteiger partial charge in [-0.25, -0.2) is 0 Å². The smallest absolute Gasteiger partial charge is 0.0708 e. The third-order valence-electron chi connectivity index (χ3n) is 2.47. The van der Waals surface area contributed by atoms with E-state index in [1.807, 2.05) is 12.3 Å². The summed E-state index contributed by atoms with van der Waals surface area (Å²) in [5.41, 5.74) is 1.06. The van der Waals surface area contributed by atoms with E-state index in [1.165, 1.54) is 16.2 Å². The third kappa shape index (κ3) is 1.06. The van der Waals surface area contributed by atoms with Crippen LogP contribution < -0.4 is 0 Å². The van der Waals surface area contributed by atoms with Crippen molar-refractivity contribution in [3.8, 4) is 0 Å². The lowest BCUT2D eigenvalue weighted by atomic mass is 10.1. The molecule has 0 aliphatic heterocycles. The molecule has 0 aliphatic rings. The number of nitrogens with zero attached hydrogens (tertiary/aromatic N) is 1. The predicted molar refractivity (Wildman–Crippen MR) is 59.2 cm³/mol. The molecule has 0 saturated heterocycles. The number of benzene rings is 2. The van der Waals surface area contributed by atoms with Crippen molar-refractivity contribution < 1.29 is 0 Å². The summed E-state index contributed by atoms with van der Waals surface area (Å²) >= 11 is 0. The van der Waals surface area contributed by atoms with Crippen molar-refractivity contribution >= 4 is 21.7 Å². The van der Waals surface area contributed by atoms with Gasteiger partial charge in [-0.2, -0.15) is 0 Å². The Hall–Kier alpha value is -1.89. The Morgan fingerprint density at radius 1 is 0.714 bits per heavy atom. The van der Waals surface area contributed by atoms with Crippen molar-refractivity contribution in [2.24, 2.45) is 0 Å². The number of rotatable bonds is 0. The normalized spacial score (nSPS) is 10.9. The van der Waals surface area contributed by atoms with Gasteiger partial charge >= 0.3 is 0 Å². The molecule has 3 rings (SSSR count). The molecule has 0 unspecified atom stereocenters. The zero-order valence-electron chi connectivity index (χ0n) is 7.64. The van der Waals surface area contributed by atoms with Crippen LogP contribution in [0.3, 0.4) is 0 Å². The maximum atomic E-state index is 4.33. The highest BCUT2D eigenvalue weighted by Crippen LogP contribution is 2.20. The molecule has 66 valence electrons. The second-order valence-electron chi connectivity index (χ2n) is 3.40. The zero-order chi connectivity index (χ0) is 9.38. The Morgan fingerprint density at radius 3 is 2.29 bits per heavy atom. The third-order valence-corrected chi connectivity index (χ3v) is 2.47. The van der Waals surface area contributed by atoms with Crippen LogP contribution in [-0.4, -0.2) is 4.98 Å². The van der Waals surface area contributed by atoms with Gasteiger partial charge in [0, 0.05) is 11.6 Å². The first-order chi connectivity index (χ1) is 6.93. The maximum Gasteiger partial charge on any atom is 0.0708 e. The maximum absolute atomic E-state index is 4.33. The molecule has 1 heteroatoms. The van der Waals surface area contributed by atoms with Crippen molar-refractivity contribution in [1.29, 1.82) is 0 Å². The van der Waals surface area contributed by atoms with Crippen LogP contribution in [0.2, 0.25) is 0 Å². The average Bonchev–Trinajstić information content (AvgIpc) is 2.26. The van der Waals surface area contributed by atoms with Gasteiger partial charge in [0.25, 0.3) is 0 Å². The van der Waals surface area contributed by atoms with E-state index in [-0.39, 0.29) is 0 Å². The van der Waals surface area contributed by atoms with Crippen molar-refractivity contribution in [3.63, 3.8) is 0 Å². The second-order valence-corrected chi connectivity index (χ2v) is 3.40. The first-order valence-corrected chi connectivity index (χ1v) is 4.67. The van der Waals surface area contributed by atoms with E-state index in [2.05, 4.69) is 47.4 Å². The van der Waals surface area contributed by atoms with Crippen LogP contribution >= 0.6 is 0 Å². The van der Waals surface area contributed by atoms with Crippen LogP contribution in [0.5, 0.6) is 0 Å². The molecule has 3 aromatic rings. The average molecular weight is 179 g/mol. The lowest BCUT2D eigenvalue weighted by molar-refractivity contribution is 1.42. The Labute approximate surface area is 82.0 Å². The second kappa shape index (κ2) is 2.81. The molecule has 1 aromatic heterocycles. The highest BCUT2D eigenvalue weighted by atomic mass is 14.6. The first-order valence-electron chi connectivity index (χ1n) is 4.67. The Bertz CT molecular complexity index is 494. The minimum Gasteiger partial charge on any atom is -0.256 e. The van der Waals surface area contributed by atoms with Gasteiger partial charge < -0.3 is 0 Å². The SMILES string of the molecule is c1ccc2cc3ncccc3cc2c1. The summed E-state index contributed by atoms with van der Waals surface area (Å²) in [6.07, 6.45) is 1.83. The van der Waals surface area contributed by atoms with Gasteiger partial charge in [0.05, 0.1) is 5.52 Å².